The number of ether oxygens (including phenoxy) is 3. The largest absolute Gasteiger partial charge is 0.491 e. The molecule has 0 amide bonds. The molecule has 0 spiro atoms. The minimum Gasteiger partial charge on any atom is -0.491 e. The Hall–Kier alpha value is -6.98. The molecule has 0 bridgehead atoms. The van der Waals surface area contributed by atoms with Crippen LogP contribution in [-0.4, -0.2) is 51.4 Å². The van der Waals surface area contributed by atoms with E-state index >= 15 is 0 Å². The SMILES string of the molecule is c1ccc(N2CN(c3ccccc3)N=C(c3ccc(OCCOCCOc4ccc(C5=NN(c6ccccc6)CN(c6ccccc6)[N]5)cc4)cc3)[N]2)cc1. The number of para-hydroxylation sites is 4. The Morgan fingerprint density at radius 3 is 1.04 bits per heavy atom. The highest BCUT2D eigenvalue weighted by atomic mass is 16.5. The van der Waals surface area contributed by atoms with Crippen LogP contribution >= 0.6 is 0 Å². The normalized spacial score (nSPS) is 14.0. The fourth-order valence-corrected chi connectivity index (χ4v) is 6.01. The highest BCUT2D eigenvalue weighted by Crippen LogP contribution is 2.25. The van der Waals surface area contributed by atoms with Crippen molar-refractivity contribution in [2.45, 2.75) is 0 Å². The molecule has 6 aromatic rings. The maximum absolute atomic E-state index is 5.95. The third-order valence-electron chi connectivity index (χ3n) is 8.83. The van der Waals surface area contributed by atoms with Crippen molar-refractivity contribution in [3.05, 3.63) is 181 Å². The van der Waals surface area contributed by atoms with Crippen molar-refractivity contribution in [1.82, 2.24) is 10.9 Å². The molecule has 0 saturated carbocycles. The van der Waals surface area contributed by atoms with E-state index in [1.807, 2.05) is 190 Å². The van der Waals surface area contributed by atoms with Crippen LogP contribution < -0.4 is 40.4 Å². The molecule has 0 fully saturated rings. The zero-order chi connectivity index (χ0) is 37.1. The van der Waals surface area contributed by atoms with E-state index in [-0.39, 0.29) is 0 Å². The van der Waals surface area contributed by atoms with Crippen molar-refractivity contribution in [3.63, 3.8) is 0 Å². The number of anilines is 4. The summed E-state index contributed by atoms with van der Waals surface area (Å²) in [6.45, 7) is 2.70. The molecular weight excluding hydrogens is 689 g/mol. The number of hydrogen-bond donors (Lipinski definition) is 0. The van der Waals surface area contributed by atoms with Gasteiger partial charge in [0, 0.05) is 11.1 Å². The Morgan fingerprint density at radius 2 is 0.691 bits per heavy atom. The van der Waals surface area contributed by atoms with Gasteiger partial charge in [-0.2, -0.15) is 0 Å². The Morgan fingerprint density at radius 1 is 0.364 bits per heavy atom. The van der Waals surface area contributed by atoms with Crippen LogP contribution in [0.1, 0.15) is 11.1 Å². The minimum atomic E-state index is 0.411. The topological polar surface area (TPSA) is 93.6 Å². The van der Waals surface area contributed by atoms with Gasteiger partial charge in [-0.25, -0.2) is 20.0 Å². The van der Waals surface area contributed by atoms with E-state index in [4.69, 9.17) is 35.3 Å². The van der Waals surface area contributed by atoms with Crippen LogP contribution in [0, 0.1) is 0 Å². The van der Waals surface area contributed by atoms with E-state index in [9.17, 15) is 0 Å². The number of rotatable bonds is 14. The lowest BCUT2D eigenvalue weighted by atomic mass is 10.2. The number of hydrogen-bond acceptors (Lipinski definition) is 9. The first-order valence-corrected chi connectivity index (χ1v) is 18.2. The van der Waals surface area contributed by atoms with Crippen molar-refractivity contribution in [3.8, 4) is 11.5 Å². The molecule has 2 heterocycles. The second-order valence-corrected chi connectivity index (χ2v) is 12.6. The number of amidine groups is 2. The maximum atomic E-state index is 5.95. The second-order valence-electron chi connectivity index (χ2n) is 12.6. The standard InChI is InChI=1S/C44H40N8O3/c1-5-13-37(14-6-1)49-33-50(38-15-7-2-8-16-38)46-43(45-49)35-21-25-41(26-22-35)54-31-29-53-30-32-55-42-27-23-36(24-28-42)44-47-51(39-17-9-3-10-18-39)34-52(48-44)40-19-11-4-12-20-40/h1-28H,29-34H2. The maximum Gasteiger partial charge on any atom is 0.199 e. The van der Waals surface area contributed by atoms with Crippen LogP contribution in [0.3, 0.4) is 0 Å². The number of benzene rings is 6. The fourth-order valence-electron chi connectivity index (χ4n) is 6.01. The molecule has 11 heteroatoms. The highest BCUT2D eigenvalue weighted by Gasteiger charge is 2.25. The summed E-state index contributed by atoms with van der Waals surface area (Å²) in [5.74, 6) is 2.72. The lowest BCUT2D eigenvalue weighted by molar-refractivity contribution is 0.0764. The summed E-state index contributed by atoms with van der Waals surface area (Å²) in [6.07, 6.45) is 0. The minimum absolute atomic E-state index is 0.411. The molecule has 6 aromatic carbocycles. The summed E-state index contributed by atoms with van der Waals surface area (Å²) in [6, 6.07) is 56.0. The Kier molecular flexibility index (Phi) is 11.0. The Balaban J connectivity index is 0.800. The van der Waals surface area contributed by atoms with Gasteiger partial charge in [-0.15, -0.1) is 21.1 Å². The zero-order valence-corrected chi connectivity index (χ0v) is 30.2. The predicted octanol–water partition coefficient (Wildman–Crippen LogP) is 7.49. The number of nitrogens with zero attached hydrogens (tertiary/aromatic N) is 8. The van der Waals surface area contributed by atoms with Crippen molar-refractivity contribution >= 4 is 34.4 Å². The van der Waals surface area contributed by atoms with Crippen LogP contribution in [0.5, 0.6) is 11.5 Å². The van der Waals surface area contributed by atoms with E-state index in [1.165, 1.54) is 0 Å². The lowest BCUT2D eigenvalue weighted by Gasteiger charge is -2.34. The quantitative estimate of drug-likeness (QED) is 0.107. The molecule has 274 valence electrons. The molecule has 0 aromatic heterocycles. The summed E-state index contributed by atoms with van der Waals surface area (Å²) in [5, 5.41) is 17.5. The van der Waals surface area contributed by atoms with Gasteiger partial charge in [0.05, 0.1) is 36.0 Å². The molecule has 0 N–H and O–H groups in total. The predicted molar refractivity (Wildman–Crippen MR) is 217 cm³/mol. The van der Waals surface area contributed by atoms with Crippen molar-refractivity contribution < 1.29 is 14.2 Å². The van der Waals surface area contributed by atoms with Gasteiger partial charge in [-0.05, 0) is 97.1 Å². The summed E-state index contributed by atoms with van der Waals surface area (Å²) in [4.78, 5) is 0. The highest BCUT2D eigenvalue weighted by molar-refractivity contribution is 6.01. The van der Waals surface area contributed by atoms with Gasteiger partial charge in [0.1, 0.15) is 38.1 Å². The van der Waals surface area contributed by atoms with Gasteiger partial charge in [0.2, 0.25) is 0 Å². The van der Waals surface area contributed by atoms with Gasteiger partial charge in [-0.1, -0.05) is 72.8 Å². The van der Waals surface area contributed by atoms with Gasteiger partial charge in [-0.3, -0.25) is 0 Å². The molecule has 2 radical (unpaired) electrons. The third-order valence-corrected chi connectivity index (χ3v) is 8.83. The Labute approximate surface area is 321 Å². The van der Waals surface area contributed by atoms with Crippen molar-refractivity contribution in [1.29, 1.82) is 0 Å². The first kappa shape index (κ1) is 35.1. The van der Waals surface area contributed by atoms with Crippen molar-refractivity contribution in [2.24, 2.45) is 10.2 Å². The van der Waals surface area contributed by atoms with Crippen molar-refractivity contribution in [2.75, 3.05) is 59.8 Å². The summed E-state index contributed by atoms with van der Waals surface area (Å²) in [5.41, 5.74) is 15.5. The van der Waals surface area contributed by atoms with E-state index in [2.05, 4.69) is 0 Å². The van der Waals surface area contributed by atoms with Gasteiger partial charge in [0.25, 0.3) is 0 Å². The molecule has 2 aliphatic rings. The lowest BCUT2D eigenvalue weighted by Crippen LogP contribution is -2.48. The van der Waals surface area contributed by atoms with E-state index in [1.54, 1.807) is 0 Å². The average molecular weight is 729 g/mol. The van der Waals surface area contributed by atoms with Crippen LogP contribution in [-0.2, 0) is 4.74 Å². The first-order valence-electron chi connectivity index (χ1n) is 18.2. The summed E-state index contributed by atoms with van der Waals surface area (Å²) in [7, 11) is 0. The van der Waals surface area contributed by atoms with Crippen LogP contribution in [0.25, 0.3) is 0 Å². The number of hydrazone groups is 2. The van der Waals surface area contributed by atoms with E-state index < -0.39 is 0 Å². The monoisotopic (exact) mass is 728 g/mol. The smallest absolute Gasteiger partial charge is 0.199 e. The van der Waals surface area contributed by atoms with E-state index in [0.717, 1.165) is 45.4 Å². The fraction of sp³-hybridized carbons (Fsp3) is 0.136. The molecule has 0 unspecified atom stereocenters. The van der Waals surface area contributed by atoms with E-state index in [0.29, 0.717) is 51.4 Å². The van der Waals surface area contributed by atoms with Gasteiger partial charge in [0.15, 0.2) is 11.7 Å². The van der Waals surface area contributed by atoms with Crippen LogP contribution in [0.2, 0.25) is 0 Å². The molecule has 55 heavy (non-hydrogen) atoms. The summed E-state index contributed by atoms with van der Waals surface area (Å²) < 4.78 is 17.7. The molecule has 2 aliphatic heterocycles. The molecule has 8 rings (SSSR count). The molecule has 0 saturated heterocycles. The zero-order valence-electron chi connectivity index (χ0n) is 30.2. The first-order chi connectivity index (χ1) is 27.2. The van der Waals surface area contributed by atoms with Crippen LogP contribution in [0.15, 0.2) is 180 Å². The second kappa shape index (κ2) is 17.2. The van der Waals surface area contributed by atoms with Gasteiger partial charge < -0.3 is 14.2 Å². The molecule has 11 nitrogen and oxygen atoms in total. The van der Waals surface area contributed by atoms with Gasteiger partial charge >= 0.3 is 0 Å². The average Bonchev–Trinajstić information content (AvgIpc) is 3.27. The summed E-state index contributed by atoms with van der Waals surface area (Å²) >= 11 is 0. The van der Waals surface area contributed by atoms with Crippen LogP contribution in [0.4, 0.5) is 22.7 Å². The Bertz CT molecular complexity index is 2000. The molecular formula is C44H40N8O3. The molecule has 0 aliphatic carbocycles. The molecule has 0 atom stereocenters. The third kappa shape index (κ3) is 8.98.